The van der Waals surface area contributed by atoms with E-state index < -0.39 is 23.8 Å². The fraction of sp³-hybridized carbons (Fsp3) is 1.00. The highest BCUT2D eigenvalue weighted by atomic mass is 32.2. The number of thioether (sulfide) groups is 1. The third kappa shape index (κ3) is 1.40. The van der Waals surface area contributed by atoms with E-state index in [0.29, 0.717) is 0 Å². The van der Waals surface area contributed by atoms with E-state index in [-0.39, 0.29) is 5.15 Å². The van der Waals surface area contributed by atoms with Gasteiger partial charge in [-0.2, -0.15) is 0 Å². The number of rotatable bonds is 1. The fourth-order valence-corrected chi connectivity index (χ4v) is 2.35. The van der Waals surface area contributed by atoms with Crippen LogP contribution in [0, 0.1) is 0 Å². The largest absolute Gasteiger partial charge is 0.392 e. The van der Waals surface area contributed by atoms with Crippen LogP contribution in [0.15, 0.2) is 0 Å². The van der Waals surface area contributed by atoms with Crippen molar-refractivity contribution in [3.05, 3.63) is 0 Å². The predicted octanol–water partition coefficient (Wildman–Crippen LogP) is -1.93. The molecular formula is C5H10BFO3S. The van der Waals surface area contributed by atoms with Crippen molar-refractivity contribution in [2.75, 3.05) is 6.61 Å². The first-order chi connectivity index (χ1) is 5.01. The summed E-state index contributed by atoms with van der Waals surface area (Å²) in [5.41, 5.74) is 0. The molecule has 0 bridgehead atoms. The molecule has 1 saturated heterocycles. The summed E-state index contributed by atoms with van der Waals surface area (Å²) in [5.74, 6) is 0. The van der Waals surface area contributed by atoms with Crippen molar-refractivity contribution in [2.24, 2.45) is 0 Å². The summed E-state index contributed by atoms with van der Waals surface area (Å²) in [6.45, 7) is -0.764. The number of aliphatic hydroxyl groups excluding tert-OH is 3. The lowest BCUT2D eigenvalue weighted by Crippen LogP contribution is -2.40. The molecule has 3 nitrogen and oxygen atoms in total. The second-order valence-electron chi connectivity index (χ2n) is 2.70. The Morgan fingerprint density at radius 1 is 1.55 bits per heavy atom. The maximum Gasteiger partial charge on any atom is 0.207 e. The molecule has 1 heterocycles. The SMILES string of the molecule is B[C@@H]1S[C@](F)(CO)[C@@H](O)[C@H]1O. The maximum atomic E-state index is 13.2. The van der Waals surface area contributed by atoms with Crippen molar-refractivity contribution in [3.63, 3.8) is 0 Å². The number of hydrogen-bond acceptors (Lipinski definition) is 4. The molecule has 64 valence electrons. The van der Waals surface area contributed by atoms with Gasteiger partial charge >= 0.3 is 0 Å². The second-order valence-corrected chi connectivity index (χ2v) is 4.36. The van der Waals surface area contributed by atoms with Crippen LogP contribution in [0.2, 0.25) is 0 Å². The minimum Gasteiger partial charge on any atom is -0.392 e. The van der Waals surface area contributed by atoms with E-state index in [1.165, 1.54) is 0 Å². The maximum absolute atomic E-state index is 13.2. The molecule has 0 spiro atoms. The first-order valence-corrected chi connectivity index (χ1v) is 4.23. The van der Waals surface area contributed by atoms with Gasteiger partial charge in [-0.3, -0.25) is 0 Å². The molecule has 0 unspecified atom stereocenters. The molecule has 0 radical (unpaired) electrons. The summed E-state index contributed by atoms with van der Waals surface area (Å²) in [6, 6.07) is 0. The highest BCUT2D eigenvalue weighted by molar-refractivity contribution is 8.02. The zero-order chi connectivity index (χ0) is 8.65. The van der Waals surface area contributed by atoms with Crippen LogP contribution in [0.4, 0.5) is 4.39 Å². The van der Waals surface area contributed by atoms with Crippen molar-refractivity contribution in [2.45, 2.75) is 22.4 Å². The lowest BCUT2D eigenvalue weighted by molar-refractivity contribution is -0.0411. The average Bonchev–Trinajstić information content (AvgIpc) is 2.17. The van der Waals surface area contributed by atoms with E-state index >= 15 is 0 Å². The smallest absolute Gasteiger partial charge is 0.207 e. The van der Waals surface area contributed by atoms with Gasteiger partial charge in [-0.25, -0.2) is 4.39 Å². The molecule has 3 N–H and O–H groups in total. The van der Waals surface area contributed by atoms with Gasteiger partial charge in [0.1, 0.15) is 14.0 Å². The third-order valence-electron chi connectivity index (χ3n) is 1.84. The summed E-state index contributed by atoms with van der Waals surface area (Å²) >= 11 is 0.767. The van der Waals surface area contributed by atoms with Gasteiger partial charge in [0, 0.05) is 5.15 Å². The summed E-state index contributed by atoms with van der Waals surface area (Å²) < 4.78 is 13.2. The fourth-order valence-electron chi connectivity index (χ4n) is 1.09. The van der Waals surface area contributed by atoms with Crippen LogP contribution < -0.4 is 0 Å². The van der Waals surface area contributed by atoms with Gasteiger partial charge in [0.15, 0.2) is 0 Å². The van der Waals surface area contributed by atoms with Crippen LogP contribution in [0.25, 0.3) is 0 Å². The van der Waals surface area contributed by atoms with Crippen LogP contribution in [0.3, 0.4) is 0 Å². The highest BCUT2D eigenvalue weighted by Gasteiger charge is 2.52. The number of hydrogen-bond donors (Lipinski definition) is 3. The summed E-state index contributed by atoms with van der Waals surface area (Å²) in [7, 11) is 1.61. The Kier molecular flexibility index (Phi) is 2.48. The molecule has 4 atom stereocenters. The van der Waals surface area contributed by atoms with Gasteiger partial charge < -0.3 is 15.3 Å². The minimum atomic E-state index is -2.08. The van der Waals surface area contributed by atoms with E-state index in [1.54, 1.807) is 7.85 Å². The number of alkyl halides is 1. The molecule has 1 aliphatic rings. The van der Waals surface area contributed by atoms with E-state index in [4.69, 9.17) is 15.3 Å². The molecule has 0 saturated carbocycles. The van der Waals surface area contributed by atoms with E-state index in [2.05, 4.69) is 0 Å². The zero-order valence-electron chi connectivity index (χ0n) is 6.07. The average molecular weight is 180 g/mol. The van der Waals surface area contributed by atoms with Crippen LogP contribution in [-0.4, -0.2) is 52.1 Å². The molecule has 11 heavy (non-hydrogen) atoms. The molecule has 0 aromatic rings. The lowest BCUT2D eigenvalue weighted by atomic mass is 9.94. The first-order valence-electron chi connectivity index (χ1n) is 3.35. The Morgan fingerprint density at radius 2 is 2.09 bits per heavy atom. The zero-order valence-corrected chi connectivity index (χ0v) is 6.88. The van der Waals surface area contributed by atoms with E-state index in [9.17, 15) is 4.39 Å². The molecule has 0 amide bonds. The predicted molar refractivity (Wildman–Crippen MR) is 42.9 cm³/mol. The van der Waals surface area contributed by atoms with Crippen LogP contribution >= 0.6 is 11.8 Å². The summed E-state index contributed by atoms with van der Waals surface area (Å²) in [5, 5.41) is 24.3. The number of halogens is 1. The Bertz CT molecular complexity index is 161. The topological polar surface area (TPSA) is 60.7 Å². The monoisotopic (exact) mass is 180 g/mol. The van der Waals surface area contributed by atoms with Crippen molar-refractivity contribution < 1.29 is 19.7 Å². The molecule has 0 aromatic heterocycles. The molecule has 0 aromatic carbocycles. The standard InChI is InChI=1S/C5H10BFO3S/c6-4-2(9)3(10)5(7,1-8)11-4/h2-4,8-10H,1,6H2/t2-,3+,4-,5-/m1/s1. The van der Waals surface area contributed by atoms with E-state index in [0.717, 1.165) is 11.8 Å². The third-order valence-corrected chi connectivity index (χ3v) is 3.26. The quantitative estimate of drug-likeness (QED) is 0.411. The molecule has 1 rings (SSSR count). The Hall–Kier alpha value is 0.225. The summed E-state index contributed by atoms with van der Waals surface area (Å²) in [6.07, 6.45) is -2.57. The normalized spacial score (nSPS) is 51.5. The van der Waals surface area contributed by atoms with Gasteiger partial charge in [-0.05, 0) is 0 Å². The van der Waals surface area contributed by atoms with Crippen molar-refractivity contribution in [1.29, 1.82) is 0 Å². The molecule has 6 heteroatoms. The van der Waals surface area contributed by atoms with Crippen molar-refractivity contribution in [1.82, 2.24) is 0 Å². The van der Waals surface area contributed by atoms with Gasteiger partial charge in [0.05, 0.1) is 12.7 Å². The lowest BCUT2D eigenvalue weighted by Gasteiger charge is -2.20. The van der Waals surface area contributed by atoms with Gasteiger partial charge in [-0.15, -0.1) is 11.8 Å². The first kappa shape index (κ1) is 9.31. The van der Waals surface area contributed by atoms with Gasteiger partial charge in [-0.1, -0.05) is 0 Å². The minimum absolute atomic E-state index is 0.373. The van der Waals surface area contributed by atoms with Gasteiger partial charge in [0.25, 0.3) is 0 Å². The Balaban J connectivity index is 2.73. The Morgan fingerprint density at radius 3 is 2.27 bits per heavy atom. The molecule has 0 aliphatic carbocycles. The van der Waals surface area contributed by atoms with Gasteiger partial charge in [0.2, 0.25) is 5.00 Å². The summed E-state index contributed by atoms with van der Waals surface area (Å²) in [4.78, 5) is 0. The molecule has 1 aliphatic heterocycles. The van der Waals surface area contributed by atoms with Crippen molar-refractivity contribution >= 4 is 19.6 Å². The van der Waals surface area contributed by atoms with Crippen LogP contribution in [0.1, 0.15) is 0 Å². The molecule has 1 fully saturated rings. The highest BCUT2D eigenvalue weighted by Crippen LogP contribution is 2.43. The Labute approximate surface area is 69.0 Å². The van der Waals surface area contributed by atoms with Crippen LogP contribution in [0.5, 0.6) is 0 Å². The van der Waals surface area contributed by atoms with Crippen molar-refractivity contribution in [3.8, 4) is 0 Å². The van der Waals surface area contributed by atoms with Crippen LogP contribution in [-0.2, 0) is 0 Å². The molecular weight excluding hydrogens is 170 g/mol. The van der Waals surface area contributed by atoms with E-state index in [1.807, 2.05) is 0 Å². The second kappa shape index (κ2) is 2.93. The number of aliphatic hydroxyl groups is 3.